The van der Waals surface area contributed by atoms with Crippen molar-refractivity contribution < 1.29 is 0 Å². The lowest BCUT2D eigenvalue weighted by Crippen LogP contribution is -2.06. The lowest BCUT2D eigenvalue weighted by Gasteiger charge is -2.05. The number of thioether (sulfide) groups is 1. The fourth-order valence-corrected chi connectivity index (χ4v) is 3.33. The van der Waals surface area contributed by atoms with Crippen molar-refractivity contribution in [3.05, 3.63) is 28.5 Å². The molecule has 0 radical (unpaired) electrons. The molecule has 5 nitrogen and oxygen atoms in total. The number of pyridine rings is 1. The van der Waals surface area contributed by atoms with Gasteiger partial charge in [0.05, 0.1) is 17.4 Å². The Bertz CT molecular complexity index is 519. The summed E-state index contributed by atoms with van der Waals surface area (Å²) in [6.07, 6.45) is 1.82. The molecule has 0 bridgehead atoms. The Morgan fingerprint density at radius 1 is 1.37 bits per heavy atom. The zero-order chi connectivity index (χ0) is 13.5. The summed E-state index contributed by atoms with van der Waals surface area (Å²) in [6, 6.07) is 3.94. The van der Waals surface area contributed by atoms with Gasteiger partial charge < -0.3 is 10.6 Å². The fraction of sp³-hybridized carbons (Fsp3) is 0.364. The number of halogens is 1. The van der Waals surface area contributed by atoms with E-state index in [9.17, 15) is 0 Å². The Labute approximate surface area is 129 Å². The normalized spacial score (nSPS) is 10.4. The second-order valence-electron chi connectivity index (χ2n) is 3.62. The van der Waals surface area contributed by atoms with E-state index < -0.39 is 0 Å². The maximum Gasteiger partial charge on any atom is 0.184 e. The van der Waals surface area contributed by atoms with E-state index in [1.54, 1.807) is 0 Å². The molecule has 2 N–H and O–H groups in total. The van der Waals surface area contributed by atoms with Crippen LogP contribution in [0.4, 0.5) is 11.6 Å². The minimum Gasteiger partial charge on any atom is -0.369 e. The minimum absolute atomic E-state index is 0.808. The van der Waals surface area contributed by atoms with Crippen LogP contribution < -0.4 is 10.6 Å². The summed E-state index contributed by atoms with van der Waals surface area (Å²) in [7, 11) is 1.84. The molecule has 2 heterocycles. The fourth-order valence-electron chi connectivity index (χ4n) is 1.40. The molecule has 0 saturated heterocycles. The third kappa shape index (κ3) is 4.32. The lowest BCUT2D eigenvalue weighted by atomic mass is 10.4. The van der Waals surface area contributed by atoms with Gasteiger partial charge >= 0.3 is 0 Å². The van der Waals surface area contributed by atoms with Gasteiger partial charge in [0.25, 0.3) is 0 Å². The highest BCUT2D eigenvalue weighted by Crippen LogP contribution is 2.20. The van der Waals surface area contributed by atoms with Gasteiger partial charge in [-0.1, -0.05) is 0 Å². The van der Waals surface area contributed by atoms with Crippen LogP contribution in [-0.2, 0) is 5.75 Å². The first-order chi connectivity index (χ1) is 9.31. The third-order valence-corrected chi connectivity index (χ3v) is 4.56. The van der Waals surface area contributed by atoms with Crippen LogP contribution in [0.25, 0.3) is 0 Å². The Hall–Kier alpha value is -0.860. The number of hydrogen-bond acceptors (Lipinski definition) is 7. The van der Waals surface area contributed by atoms with E-state index in [-0.39, 0.29) is 0 Å². The van der Waals surface area contributed by atoms with Gasteiger partial charge in [-0.05, 0) is 28.1 Å². The standard InChI is InChI=1S/C11H14BrN5S2/c1-13-10-11(17-19-16-10)15-5-6-18-7-9-8(12)3-2-4-14-9/h2-4H,5-7H2,1H3,(H,13,16)(H,15,17). The van der Waals surface area contributed by atoms with Crippen molar-refractivity contribution in [1.82, 2.24) is 13.7 Å². The second kappa shape index (κ2) is 7.66. The Kier molecular flexibility index (Phi) is 5.87. The van der Waals surface area contributed by atoms with Crippen molar-refractivity contribution in [1.29, 1.82) is 0 Å². The summed E-state index contributed by atoms with van der Waals surface area (Å²) in [5.41, 5.74) is 1.08. The molecule has 0 aromatic carbocycles. The maximum absolute atomic E-state index is 4.33. The summed E-state index contributed by atoms with van der Waals surface area (Å²) < 4.78 is 9.38. The van der Waals surface area contributed by atoms with Crippen LogP contribution in [0.5, 0.6) is 0 Å². The predicted octanol–water partition coefficient (Wildman–Crippen LogP) is 3.08. The number of hydrogen-bond donors (Lipinski definition) is 2. The van der Waals surface area contributed by atoms with Gasteiger partial charge in [0.2, 0.25) is 0 Å². The van der Waals surface area contributed by atoms with E-state index in [4.69, 9.17) is 0 Å². The molecule has 0 atom stereocenters. The first-order valence-corrected chi connectivity index (χ1v) is 8.40. The van der Waals surface area contributed by atoms with Crippen LogP contribution in [-0.4, -0.2) is 33.1 Å². The summed E-state index contributed by atoms with van der Waals surface area (Å²) in [6.45, 7) is 0.856. The predicted molar refractivity (Wildman–Crippen MR) is 86.0 cm³/mol. The van der Waals surface area contributed by atoms with E-state index in [1.165, 1.54) is 11.7 Å². The molecule has 0 spiro atoms. The van der Waals surface area contributed by atoms with Crippen LogP contribution in [0.1, 0.15) is 5.69 Å². The highest BCUT2D eigenvalue weighted by molar-refractivity contribution is 9.10. The number of anilines is 2. The molecule has 0 fully saturated rings. The second-order valence-corrected chi connectivity index (χ2v) is 6.11. The van der Waals surface area contributed by atoms with Crippen molar-refractivity contribution in [3.8, 4) is 0 Å². The molecule has 0 saturated carbocycles. The third-order valence-electron chi connectivity index (χ3n) is 2.34. The topological polar surface area (TPSA) is 62.7 Å². The first kappa shape index (κ1) is 14.5. The van der Waals surface area contributed by atoms with E-state index in [1.807, 2.05) is 37.1 Å². The molecule has 0 aliphatic heterocycles. The summed E-state index contributed by atoms with van der Waals surface area (Å²) in [5, 5.41) is 6.27. The maximum atomic E-state index is 4.33. The van der Waals surface area contributed by atoms with E-state index in [2.05, 4.69) is 40.3 Å². The number of nitrogens with one attached hydrogen (secondary N) is 2. The van der Waals surface area contributed by atoms with Crippen molar-refractivity contribution in [2.45, 2.75) is 5.75 Å². The molecule has 102 valence electrons. The number of aromatic nitrogens is 3. The monoisotopic (exact) mass is 359 g/mol. The average Bonchev–Trinajstić information content (AvgIpc) is 2.88. The van der Waals surface area contributed by atoms with Crippen LogP contribution >= 0.6 is 39.4 Å². The quantitative estimate of drug-likeness (QED) is 0.740. The van der Waals surface area contributed by atoms with Crippen LogP contribution in [0.2, 0.25) is 0 Å². The van der Waals surface area contributed by atoms with Gasteiger partial charge in [0.15, 0.2) is 11.6 Å². The van der Waals surface area contributed by atoms with Gasteiger partial charge in [-0.2, -0.15) is 20.5 Å². The molecule has 2 rings (SSSR count). The number of rotatable bonds is 7. The van der Waals surface area contributed by atoms with Crippen molar-refractivity contribution in [2.75, 3.05) is 30.0 Å². The van der Waals surface area contributed by atoms with Gasteiger partial charge in [-0.3, -0.25) is 4.98 Å². The Morgan fingerprint density at radius 3 is 3.00 bits per heavy atom. The summed E-state index contributed by atoms with van der Waals surface area (Å²) in [4.78, 5) is 4.33. The Balaban J connectivity index is 1.69. The molecule has 19 heavy (non-hydrogen) atoms. The average molecular weight is 360 g/mol. The van der Waals surface area contributed by atoms with Gasteiger partial charge in [0.1, 0.15) is 0 Å². The zero-order valence-corrected chi connectivity index (χ0v) is 13.6. The molecule has 8 heteroatoms. The van der Waals surface area contributed by atoms with E-state index >= 15 is 0 Å². The van der Waals surface area contributed by atoms with E-state index in [0.29, 0.717) is 0 Å². The van der Waals surface area contributed by atoms with Crippen molar-refractivity contribution in [3.63, 3.8) is 0 Å². The van der Waals surface area contributed by atoms with Crippen LogP contribution in [0.3, 0.4) is 0 Å². The molecule has 2 aromatic heterocycles. The summed E-state index contributed by atoms with van der Waals surface area (Å²) in [5.74, 6) is 3.52. The largest absolute Gasteiger partial charge is 0.369 e. The lowest BCUT2D eigenvalue weighted by molar-refractivity contribution is 1.14. The minimum atomic E-state index is 0.808. The van der Waals surface area contributed by atoms with Crippen molar-refractivity contribution >= 4 is 51.1 Å². The van der Waals surface area contributed by atoms with Crippen LogP contribution in [0, 0.1) is 0 Å². The smallest absolute Gasteiger partial charge is 0.184 e. The molecular formula is C11H14BrN5S2. The molecule has 2 aromatic rings. The van der Waals surface area contributed by atoms with Gasteiger partial charge in [-0.15, -0.1) is 0 Å². The molecular weight excluding hydrogens is 346 g/mol. The van der Waals surface area contributed by atoms with E-state index in [0.717, 1.165) is 39.9 Å². The number of nitrogens with zero attached hydrogens (tertiary/aromatic N) is 3. The van der Waals surface area contributed by atoms with Crippen molar-refractivity contribution in [2.24, 2.45) is 0 Å². The molecule has 0 aliphatic carbocycles. The molecule has 0 aliphatic rings. The summed E-state index contributed by atoms with van der Waals surface area (Å²) >= 11 is 6.54. The van der Waals surface area contributed by atoms with Gasteiger partial charge in [-0.25, -0.2) is 0 Å². The molecule has 0 unspecified atom stereocenters. The highest BCUT2D eigenvalue weighted by Gasteiger charge is 2.05. The molecule has 0 amide bonds. The van der Waals surface area contributed by atoms with Crippen LogP contribution in [0.15, 0.2) is 22.8 Å². The Morgan fingerprint density at radius 2 is 2.21 bits per heavy atom. The highest BCUT2D eigenvalue weighted by atomic mass is 79.9. The zero-order valence-electron chi connectivity index (χ0n) is 10.4. The van der Waals surface area contributed by atoms with Gasteiger partial charge in [0, 0.05) is 35.8 Å². The first-order valence-electron chi connectivity index (χ1n) is 5.72. The SMILES string of the molecule is CNc1nsnc1NCCSCc1ncccc1Br.